The summed E-state index contributed by atoms with van der Waals surface area (Å²) in [5.74, 6) is -0.976. The van der Waals surface area contributed by atoms with Crippen molar-refractivity contribution in [2.24, 2.45) is 10.9 Å². The number of amides is 1. The average Bonchev–Trinajstić information content (AvgIpc) is 3.37. The molecule has 1 saturated carbocycles. The number of hydrogen-bond acceptors (Lipinski definition) is 4. The number of halogens is 4. The monoisotopic (exact) mass is 403 g/mol. The zero-order valence-corrected chi connectivity index (χ0v) is 15.8. The normalized spacial score (nSPS) is 24.8. The van der Waals surface area contributed by atoms with Crippen LogP contribution in [0, 0.1) is 5.92 Å². The molecule has 0 aromatic rings. The summed E-state index contributed by atoms with van der Waals surface area (Å²) < 4.78 is 40.7. The predicted octanol–water partition coefficient (Wildman–Crippen LogP) is 3.26. The summed E-state index contributed by atoms with van der Waals surface area (Å²) in [6, 6.07) is -1.19. The second-order valence-corrected chi connectivity index (χ2v) is 7.55. The minimum Gasteiger partial charge on any atom is -0.333 e. The number of carbonyl (C=O) groups excluding carboxylic acids is 2. The van der Waals surface area contributed by atoms with Gasteiger partial charge in [0, 0.05) is 12.7 Å². The quantitative estimate of drug-likeness (QED) is 0.505. The van der Waals surface area contributed by atoms with Crippen molar-refractivity contribution in [3.05, 3.63) is 23.4 Å². The Bertz CT molecular complexity index is 741. The molecule has 0 aromatic heterocycles. The fraction of sp³-hybridized carbons (Fsp3) is 0.611. The number of aliphatic imine (C=N–C) groups is 1. The third-order valence-electron chi connectivity index (χ3n) is 4.70. The highest BCUT2D eigenvalue weighted by molar-refractivity contribution is 6.26. The van der Waals surface area contributed by atoms with Crippen LogP contribution in [0.2, 0.25) is 0 Å². The first-order valence-corrected chi connectivity index (χ1v) is 9.36. The number of ketones is 1. The molecule has 0 N–H and O–H groups in total. The van der Waals surface area contributed by atoms with Crippen LogP contribution in [0.15, 0.2) is 28.4 Å². The molecule has 148 valence electrons. The molecule has 3 rings (SSSR count). The van der Waals surface area contributed by atoms with Gasteiger partial charge in [-0.2, -0.15) is 13.2 Å². The molecule has 0 radical (unpaired) electrons. The smallest absolute Gasteiger partial charge is 0.333 e. The Morgan fingerprint density at radius 3 is 2.56 bits per heavy atom. The zero-order chi connectivity index (χ0) is 19.9. The van der Waals surface area contributed by atoms with Gasteiger partial charge in [-0.3, -0.25) is 14.6 Å². The Hall–Kier alpha value is -1.83. The molecule has 9 heteroatoms. The lowest BCUT2D eigenvalue weighted by atomic mass is 10.0. The Labute approximate surface area is 160 Å². The van der Waals surface area contributed by atoms with Gasteiger partial charge in [-0.05, 0) is 43.8 Å². The molecular weight excluding hydrogens is 383 g/mol. The Balaban J connectivity index is 1.92. The summed E-state index contributed by atoms with van der Waals surface area (Å²) in [7, 11) is 0. The van der Waals surface area contributed by atoms with Gasteiger partial charge < -0.3 is 9.80 Å². The van der Waals surface area contributed by atoms with E-state index >= 15 is 0 Å². The first-order valence-electron chi connectivity index (χ1n) is 8.93. The molecule has 2 atom stereocenters. The van der Waals surface area contributed by atoms with E-state index in [9.17, 15) is 22.8 Å². The average molecular weight is 404 g/mol. The number of fused-ring (bicyclic) bond motifs is 1. The van der Waals surface area contributed by atoms with Crippen LogP contribution in [0.25, 0.3) is 0 Å². The first kappa shape index (κ1) is 19.9. The molecule has 2 aliphatic heterocycles. The maximum Gasteiger partial charge on any atom is 0.419 e. The molecule has 0 aromatic carbocycles. The highest BCUT2D eigenvalue weighted by Crippen LogP contribution is 2.44. The lowest BCUT2D eigenvalue weighted by molar-refractivity contribution is -0.136. The van der Waals surface area contributed by atoms with Gasteiger partial charge in [-0.15, -0.1) is 0 Å². The number of Topliss-reactive ketones (excluding diaryl/α,β-unsaturated/α-hetero) is 1. The van der Waals surface area contributed by atoms with Crippen molar-refractivity contribution in [1.29, 1.82) is 0 Å². The van der Waals surface area contributed by atoms with Crippen molar-refractivity contribution in [1.82, 2.24) is 9.80 Å². The molecule has 1 amide bonds. The van der Waals surface area contributed by atoms with E-state index < -0.39 is 29.2 Å². The van der Waals surface area contributed by atoms with E-state index in [4.69, 9.17) is 11.6 Å². The molecule has 2 unspecified atom stereocenters. The number of carbonyl (C=O) groups is 2. The summed E-state index contributed by atoms with van der Waals surface area (Å²) in [6.45, 7) is 3.40. The van der Waals surface area contributed by atoms with Crippen molar-refractivity contribution in [3.8, 4) is 0 Å². The minimum atomic E-state index is -4.59. The molecule has 0 spiro atoms. The minimum absolute atomic E-state index is 0.0943. The van der Waals surface area contributed by atoms with Crippen molar-refractivity contribution in [3.63, 3.8) is 0 Å². The highest BCUT2D eigenvalue weighted by atomic mass is 35.5. The maximum atomic E-state index is 13.6. The van der Waals surface area contributed by atoms with Crippen molar-refractivity contribution in [2.45, 2.75) is 50.8 Å². The number of hydrogen-bond donors (Lipinski definition) is 0. The summed E-state index contributed by atoms with van der Waals surface area (Å²) >= 11 is 6.37. The van der Waals surface area contributed by atoms with E-state index in [2.05, 4.69) is 4.99 Å². The van der Waals surface area contributed by atoms with Crippen LogP contribution in [0.5, 0.6) is 0 Å². The maximum absolute atomic E-state index is 13.6. The van der Waals surface area contributed by atoms with Crippen LogP contribution in [-0.2, 0) is 9.59 Å². The van der Waals surface area contributed by atoms with Crippen molar-refractivity contribution in [2.75, 3.05) is 13.1 Å². The van der Waals surface area contributed by atoms with E-state index in [-0.39, 0.29) is 24.1 Å². The zero-order valence-electron chi connectivity index (χ0n) is 15.1. The van der Waals surface area contributed by atoms with Crippen LogP contribution in [0.1, 0.15) is 33.1 Å². The standard InChI is InChI=1S/C18H21ClF3N3O2/c1-3-6-24(8-10(2)26)17(27)14-15(19)25-9-12(11-4-5-11)7-13(16(25)23-14)18(20,21)22/h7,9,11,14-15H,3-6,8H2,1-2H3. The molecule has 5 nitrogen and oxygen atoms in total. The lowest BCUT2D eigenvalue weighted by Crippen LogP contribution is -2.46. The van der Waals surface area contributed by atoms with E-state index in [0.717, 1.165) is 18.9 Å². The fourth-order valence-corrected chi connectivity index (χ4v) is 3.63. The van der Waals surface area contributed by atoms with E-state index in [1.807, 2.05) is 6.92 Å². The largest absolute Gasteiger partial charge is 0.419 e. The number of amidine groups is 1. The SMILES string of the molecule is CCCN(CC(C)=O)C(=O)C1N=C2C(C(F)(F)F)=CC(C3CC3)=CN2C1Cl. The summed E-state index contributed by atoms with van der Waals surface area (Å²) in [4.78, 5) is 30.9. The predicted molar refractivity (Wildman–Crippen MR) is 95.2 cm³/mol. The van der Waals surface area contributed by atoms with Gasteiger partial charge in [0.2, 0.25) is 0 Å². The third kappa shape index (κ3) is 4.05. The second kappa shape index (κ2) is 7.30. The van der Waals surface area contributed by atoms with Gasteiger partial charge in [0.05, 0.1) is 12.1 Å². The van der Waals surface area contributed by atoms with Crippen LogP contribution in [0.4, 0.5) is 13.2 Å². The lowest BCUT2D eigenvalue weighted by Gasteiger charge is -2.29. The van der Waals surface area contributed by atoms with Crippen molar-refractivity contribution >= 4 is 29.1 Å². The van der Waals surface area contributed by atoms with Gasteiger partial charge in [-0.25, -0.2) is 0 Å². The number of allylic oxidation sites excluding steroid dienone is 2. The van der Waals surface area contributed by atoms with Crippen molar-refractivity contribution < 1.29 is 22.8 Å². The molecule has 1 aliphatic carbocycles. The molecular formula is C18H21ClF3N3O2. The van der Waals surface area contributed by atoms with Gasteiger partial charge >= 0.3 is 6.18 Å². The summed E-state index contributed by atoms with van der Waals surface area (Å²) in [6.07, 6.45) is 0.383. The van der Waals surface area contributed by atoms with Gasteiger partial charge in [0.15, 0.2) is 6.04 Å². The number of nitrogens with zero attached hydrogens (tertiary/aromatic N) is 3. The summed E-state index contributed by atoms with van der Waals surface area (Å²) in [5.41, 5.74) is -1.37. The Morgan fingerprint density at radius 1 is 1.37 bits per heavy atom. The van der Waals surface area contributed by atoms with E-state index in [0.29, 0.717) is 18.5 Å². The molecule has 27 heavy (non-hydrogen) atoms. The Morgan fingerprint density at radius 2 is 2.04 bits per heavy atom. The number of alkyl halides is 4. The van der Waals surface area contributed by atoms with E-state index in [1.165, 1.54) is 16.7 Å². The fourth-order valence-electron chi connectivity index (χ4n) is 3.31. The number of rotatable bonds is 6. The van der Waals surface area contributed by atoms with E-state index in [1.54, 1.807) is 6.20 Å². The summed E-state index contributed by atoms with van der Waals surface area (Å²) in [5, 5.41) is 0. The van der Waals surface area contributed by atoms with Gasteiger partial charge in [0.1, 0.15) is 17.1 Å². The van der Waals surface area contributed by atoms with Crippen LogP contribution < -0.4 is 0 Å². The molecule has 0 saturated heterocycles. The topological polar surface area (TPSA) is 53.0 Å². The van der Waals surface area contributed by atoms with Gasteiger partial charge in [0.25, 0.3) is 5.91 Å². The second-order valence-electron chi connectivity index (χ2n) is 7.10. The highest BCUT2D eigenvalue weighted by Gasteiger charge is 2.49. The molecule has 0 bridgehead atoms. The van der Waals surface area contributed by atoms with Crippen LogP contribution >= 0.6 is 11.6 Å². The van der Waals surface area contributed by atoms with Crippen LogP contribution in [-0.4, -0.2) is 58.1 Å². The van der Waals surface area contributed by atoms with Gasteiger partial charge in [-0.1, -0.05) is 18.5 Å². The molecule has 3 aliphatic rings. The van der Waals surface area contributed by atoms with Crippen LogP contribution in [0.3, 0.4) is 0 Å². The third-order valence-corrected chi connectivity index (χ3v) is 5.15. The Kier molecular flexibility index (Phi) is 5.38. The molecule has 1 fully saturated rings. The first-order chi connectivity index (χ1) is 12.6. The molecule has 2 heterocycles.